The van der Waals surface area contributed by atoms with E-state index in [0.29, 0.717) is 18.1 Å². The van der Waals surface area contributed by atoms with Crippen molar-refractivity contribution in [1.82, 2.24) is 5.32 Å². The fourth-order valence-corrected chi connectivity index (χ4v) is 3.18. The summed E-state index contributed by atoms with van der Waals surface area (Å²) in [5.74, 6) is 1.16. The first-order chi connectivity index (χ1) is 9.08. The summed E-state index contributed by atoms with van der Waals surface area (Å²) in [4.78, 5) is 12.5. The quantitative estimate of drug-likeness (QED) is 0.923. The summed E-state index contributed by atoms with van der Waals surface area (Å²) in [5.41, 5.74) is 1.83. The topological polar surface area (TPSA) is 38.3 Å². The molecule has 3 nitrogen and oxygen atoms in total. The molecule has 0 aromatic heterocycles. The summed E-state index contributed by atoms with van der Waals surface area (Å²) in [7, 11) is 0. The highest BCUT2D eigenvalue weighted by atomic mass is 35.5. The number of hydrogen-bond donors (Lipinski definition) is 1. The molecule has 0 spiro atoms. The molecule has 19 heavy (non-hydrogen) atoms. The van der Waals surface area contributed by atoms with Gasteiger partial charge in [-0.3, -0.25) is 4.79 Å². The Kier molecular flexibility index (Phi) is 3.27. The molecular formula is C15H18ClNO2. The van der Waals surface area contributed by atoms with Crippen molar-refractivity contribution in [3.8, 4) is 5.75 Å². The summed E-state index contributed by atoms with van der Waals surface area (Å²) in [6.07, 6.45) is 2.21. The lowest BCUT2D eigenvalue weighted by Crippen LogP contribution is -2.31. The molecular weight excluding hydrogens is 262 g/mol. The predicted molar refractivity (Wildman–Crippen MR) is 75.0 cm³/mol. The molecule has 0 radical (unpaired) electrons. The largest absolute Gasteiger partial charge is 0.493 e. The summed E-state index contributed by atoms with van der Waals surface area (Å²) in [5, 5.41) is 3.96. The van der Waals surface area contributed by atoms with E-state index in [-0.39, 0.29) is 11.2 Å². The van der Waals surface area contributed by atoms with Crippen LogP contribution in [0.3, 0.4) is 0 Å². The van der Waals surface area contributed by atoms with Gasteiger partial charge < -0.3 is 10.1 Å². The molecule has 1 atom stereocenters. The highest BCUT2D eigenvalue weighted by molar-refractivity contribution is 6.30. The highest BCUT2D eigenvalue weighted by Crippen LogP contribution is 2.35. The Morgan fingerprint density at radius 3 is 3.11 bits per heavy atom. The van der Waals surface area contributed by atoms with E-state index in [1.54, 1.807) is 0 Å². The maximum Gasteiger partial charge on any atom is 0.144 e. The van der Waals surface area contributed by atoms with Crippen LogP contribution in [0.2, 0.25) is 5.02 Å². The number of rotatable bonds is 3. The van der Waals surface area contributed by atoms with Gasteiger partial charge in [-0.25, -0.2) is 0 Å². The van der Waals surface area contributed by atoms with Gasteiger partial charge in [0.25, 0.3) is 0 Å². The van der Waals surface area contributed by atoms with Crippen LogP contribution < -0.4 is 10.1 Å². The standard InChI is InChI=1S/C15H18ClNO2/c1-15(3-4-17-9-15)13(18)8-11-7-12(16)6-10-2-5-19-14(10)11/h6-7,17H,2-5,8-9H2,1H3. The smallest absolute Gasteiger partial charge is 0.144 e. The Hall–Kier alpha value is -1.06. The molecule has 102 valence electrons. The zero-order chi connectivity index (χ0) is 13.5. The molecule has 1 aromatic carbocycles. The van der Waals surface area contributed by atoms with E-state index < -0.39 is 0 Å². The molecule has 2 aliphatic heterocycles. The second-order valence-corrected chi connectivity index (χ2v) is 6.18. The number of fused-ring (bicyclic) bond motifs is 1. The van der Waals surface area contributed by atoms with Crippen molar-refractivity contribution in [3.05, 3.63) is 28.3 Å². The van der Waals surface area contributed by atoms with E-state index in [0.717, 1.165) is 42.8 Å². The van der Waals surface area contributed by atoms with E-state index >= 15 is 0 Å². The van der Waals surface area contributed by atoms with Crippen molar-refractivity contribution in [2.45, 2.75) is 26.2 Å². The molecule has 4 heteroatoms. The molecule has 0 saturated carbocycles. The zero-order valence-electron chi connectivity index (χ0n) is 11.1. The van der Waals surface area contributed by atoms with Crippen molar-refractivity contribution >= 4 is 17.4 Å². The minimum atomic E-state index is -0.242. The van der Waals surface area contributed by atoms with Gasteiger partial charge in [0.05, 0.1) is 6.61 Å². The van der Waals surface area contributed by atoms with E-state index in [9.17, 15) is 4.79 Å². The molecule has 1 aromatic rings. The normalized spacial score (nSPS) is 25.2. The maximum absolute atomic E-state index is 12.5. The molecule has 0 amide bonds. The Morgan fingerprint density at radius 2 is 2.37 bits per heavy atom. The lowest BCUT2D eigenvalue weighted by atomic mass is 9.82. The highest BCUT2D eigenvalue weighted by Gasteiger charge is 2.36. The molecule has 2 aliphatic rings. The first-order valence-electron chi connectivity index (χ1n) is 6.77. The Balaban J connectivity index is 1.86. The number of benzene rings is 1. The van der Waals surface area contributed by atoms with Crippen molar-refractivity contribution in [2.24, 2.45) is 5.41 Å². The van der Waals surface area contributed by atoms with E-state index in [1.165, 1.54) is 0 Å². The van der Waals surface area contributed by atoms with E-state index in [4.69, 9.17) is 16.3 Å². The number of carbonyl (C=O) groups is 1. The minimum Gasteiger partial charge on any atom is -0.493 e. The Morgan fingerprint density at radius 1 is 1.53 bits per heavy atom. The fraction of sp³-hybridized carbons (Fsp3) is 0.533. The summed E-state index contributed by atoms with van der Waals surface area (Å²) in [6, 6.07) is 3.81. The SMILES string of the molecule is CC1(C(=O)Cc2cc(Cl)cc3c2OCC3)CCNC1. The van der Waals surface area contributed by atoms with Crippen LogP contribution in [0, 0.1) is 5.41 Å². The molecule has 1 unspecified atom stereocenters. The van der Waals surface area contributed by atoms with Gasteiger partial charge in [-0.15, -0.1) is 0 Å². The summed E-state index contributed by atoms with van der Waals surface area (Å²) < 4.78 is 5.65. The average Bonchev–Trinajstić information content (AvgIpc) is 2.98. The van der Waals surface area contributed by atoms with Crippen LogP contribution >= 0.6 is 11.6 Å². The van der Waals surface area contributed by atoms with Crippen LogP contribution in [-0.4, -0.2) is 25.5 Å². The van der Waals surface area contributed by atoms with Gasteiger partial charge in [0.2, 0.25) is 0 Å². The number of nitrogens with one attached hydrogen (secondary N) is 1. The number of halogens is 1. The molecule has 0 bridgehead atoms. The first-order valence-corrected chi connectivity index (χ1v) is 7.14. The second kappa shape index (κ2) is 4.80. The lowest BCUT2D eigenvalue weighted by molar-refractivity contribution is -0.126. The zero-order valence-corrected chi connectivity index (χ0v) is 11.8. The number of ether oxygens (including phenoxy) is 1. The molecule has 1 saturated heterocycles. The Labute approximate surface area is 118 Å². The van der Waals surface area contributed by atoms with Gasteiger partial charge in [0.15, 0.2) is 0 Å². The number of Topliss-reactive ketones (excluding diaryl/α,β-unsaturated/α-hetero) is 1. The van der Waals surface area contributed by atoms with Crippen molar-refractivity contribution in [2.75, 3.05) is 19.7 Å². The average molecular weight is 280 g/mol. The maximum atomic E-state index is 12.5. The van der Waals surface area contributed by atoms with Crippen molar-refractivity contribution in [1.29, 1.82) is 0 Å². The number of hydrogen-bond acceptors (Lipinski definition) is 3. The third kappa shape index (κ3) is 2.37. The van der Waals surface area contributed by atoms with E-state index in [1.807, 2.05) is 19.1 Å². The molecule has 2 heterocycles. The van der Waals surface area contributed by atoms with E-state index in [2.05, 4.69) is 5.32 Å². The van der Waals surface area contributed by atoms with Gasteiger partial charge in [-0.1, -0.05) is 18.5 Å². The number of carbonyl (C=O) groups excluding carboxylic acids is 1. The Bertz CT molecular complexity index is 521. The molecule has 3 rings (SSSR count). The van der Waals surface area contributed by atoms with Crippen molar-refractivity contribution in [3.63, 3.8) is 0 Å². The predicted octanol–water partition coefficient (Wildman–Crippen LogP) is 2.39. The van der Waals surface area contributed by atoms with Crippen LogP contribution in [0.1, 0.15) is 24.5 Å². The van der Waals surface area contributed by atoms with Crippen LogP contribution in [-0.2, 0) is 17.6 Å². The minimum absolute atomic E-state index is 0.242. The van der Waals surface area contributed by atoms with Crippen LogP contribution in [0.15, 0.2) is 12.1 Å². The summed E-state index contributed by atoms with van der Waals surface area (Å²) >= 11 is 6.13. The third-order valence-electron chi connectivity index (χ3n) is 4.22. The fourth-order valence-electron chi connectivity index (χ4n) is 2.92. The second-order valence-electron chi connectivity index (χ2n) is 5.74. The molecule has 1 fully saturated rings. The molecule has 0 aliphatic carbocycles. The van der Waals surface area contributed by atoms with Gasteiger partial charge in [0, 0.05) is 35.4 Å². The number of ketones is 1. The lowest BCUT2D eigenvalue weighted by Gasteiger charge is -2.21. The van der Waals surface area contributed by atoms with Gasteiger partial charge in [-0.05, 0) is 30.7 Å². The van der Waals surface area contributed by atoms with Gasteiger partial charge in [-0.2, -0.15) is 0 Å². The van der Waals surface area contributed by atoms with Crippen molar-refractivity contribution < 1.29 is 9.53 Å². The van der Waals surface area contributed by atoms with Gasteiger partial charge >= 0.3 is 0 Å². The van der Waals surface area contributed by atoms with Crippen LogP contribution in [0.5, 0.6) is 5.75 Å². The third-order valence-corrected chi connectivity index (χ3v) is 4.44. The monoisotopic (exact) mass is 279 g/mol. The summed E-state index contributed by atoms with van der Waals surface area (Å²) in [6.45, 7) is 4.43. The molecule has 1 N–H and O–H groups in total. The van der Waals surface area contributed by atoms with Gasteiger partial charge in [0.1, 0.15) is 11.5 Å². The van der Waals surface area contributed by atoms with Crippen LogP contribution in [0.25, 0.3) is 0 Å². The van der Waals surface area contributed by atoms with Crippen LogP contribution in [0.4, 0.5) is 0 Å². The first kappa shape index (κ1) is 12.9.